The van der Waals surface area contributed by atoms with Crippen LogP contribution >= 0.6 is 0 Å². The summed E-state index contributed by atoms with van der Waals surface area (Å²) in [4.78, 5) is 0. The first kappa shape index (κ1) is 23.5. The molecule has 0 atom stereocenters. The van der Waals surface area contributed by atoms with Gasteiger partial charge in [-0.2, -0.15) is 0 Å². The molecular formula is C21H29ClO5. The van der Waals surface area contributed by atoms with Crippen molar-refractivity contribution >= 4 is 0 Å². The summed E-state index contributed by atoms with van der Waals surface area (Å²) in [6.45, 7) is 17.5. The molecule has 1 aromatic carbocycles. The maximum atomic E-state index is 8.49. The number of rotatable bonds is 1. The molecule has 0 aliphatic carbocycles. The van der Waals surface area contributed by atoms with Crippen molar-refractivity contribution in [1.29, 1.82) is 0 Å². The van der Waals surface area contributed by atoms with E-state index in [9.17, 15) is 0 Å². The average molecular weight is 397 g/mol. The highest BCUT2D eigenvalue weighted by molar-refractivity contribution is 5.66. The van der Waals surface area contributed by atoms with Crippen LogP contribution < -0.4 is 18.6 Å². The van der Waals surface area contributed by atoms with Crippen LogP contribution in [0.2, 0.25) is 0 Å². The van der Waals surface area contributed by atoms with E-state index in [1.54, 1.807) is 0 Å². The van der Waals surface area contributed by atoms with Gasteiger partial charge in [-0.15, -0.1) is 10.2 Å². The molecule has 0 spiro atoms. The molecule has 0 N–H and O–H groups in total. The Hall–Kier alpha value is -1.50. The highest BCUT2D eigenvalue weighted by atomic mass is 35.7. The molecule has 0 bridgehead atoms. The Labute approximate surface area is 164 Å². The first-order valence-corrected chi connectivity index (χ1v) is 9.90. The van der Waals surface area contributed by atoms with Gasteiger partial charge in [-0.3, -0.25) is 0 Å². The van der Waals surface area contributed by atoms with Gasteiger partial charge in [-0.1, -0.05) is 29.3 Å². The number of halogens is 1. The second-order valence-corrected chi connectivity index (χ2v) is 9.58. The van der Waals surface area contributed by atoms with Crippen molar-refractivity contribution < 1.29 is 33.3 Å². The zero-order valence-corrected chi connectivity index (χ0v) is 18.1. The van der Waals surface area contributed by atoms with Crippen LogP contribution in [0.4, 0.5) is 0 Å². The zero-order chi connectivity index (χ0) is 21.2. The van der Waals surface area contributed by atoms with Gasteiger partial charge in [0.2, 0.25) is 0 Å². The van der Waals surface area contributed by atoms with Gasteiger partial charge >= 0.3 is 11.5 Å². The molecule has 0 fully saturated rings. The molecule has 0 saturated carbocycles. The maximum absolute atomic E-state index is 8.49. The van der Waals surface area contributed by atoms with E-state index in [2.05, 4.69) is 85.7 Å². The van der Waals surface area contributed by atoms with Crippen LogP contribution in [0.5, 0.6) is 0 Å². The lowest BCUT2D eigenvalue weighted by Crippen LogP contribution is -2.68. The van der Waals surface area contributed by atoms with Crippen molar-refractivity contribution in [2.75, 3.05) is 0 Å². The summed E-state index contributed by atoms with van der Waals surface area (Å²) < 4.78 is 40.2. The average Bonchev–Trinajstić information content (AvgIpc) is 2.42. The fraction of sp³-hybridized carbons (Fsp3) is 0.476. The predicted octanol–water partition coefficient (Wildman–Crippen LogP) is 1.68. The minimum atomic E-state index is -4.94. The first-order chi connectivity index (χ1) is 12.0. The summed E-state index contributed by atoms with van der Waals surface area (Å²) >= 11 is 0. The van der Waals surface area contributed by atoms with Crippen LogP contribution in [0.3, 0.4) is 0 Å². The molecule has 5 nitrogen and oxygen atoms in total. The quantitative estimate of drug-likeness (QED) is 0.682. The molecule has 1 heterocycles. The number of hydrogen-bond donors (Lipinski definition) is 0. The highest BCUT2D eigenvalue weighted by Crippen LogP contribution is 2.34. The molecule has 0 radical (unpaired) electrons. The molecular weight excluding hydrogens is 368 g/mol. The Morgan fingerprint density at radius 1 is 0.630 bits per heavy atom. The molecule has 1 aromatic heterocycles. The van der Waals surface area contributed by atoms with Gasteiger partial charge in [-0.05, 0) is 66.5 Å². The lowest BCUT2D eigenvalue weighted by molar-refractivity contribution is -2.00. The fourth-order valence-electron chi connectivity index (χ4n) is 2.55. The lowest BCUT2D eigenvalue weighted by Gasteiger charge is -2.17. The Bertz CT molecular complexity index is 722. The molecule has 0 saturated heterocycles. The standard InChI is InChI=1S/C21H29O.ClHO4/c1-14-9-15(2)11-16(10-14)17-12-18(20(3,4)5)22-19(13-17)21(6,7)8;2-1(3,4)5/h9-13H,1-8H3;(H,2,3,4,5)/q+1;/p-1. The summed E-state index contributed by atoms with van der Waals surface area (Å²) in [6.07, 6.45) is 0. The zero-order valence-electron chi connectivity index (χ0n) is 17.3. The summed E-state index contributed by atoms with van der Waals surface area (Å²) in [7, 11) is -4.94. The van der Waals surface area contributed by atoms with E-state index in [1.165, 1.54) is 22.3 Å². The minimum Gasteiger partial charge on any atom is -0.222 e. The van der Waals surface area contributed by atoms with Gasteiger partial charge in [0.25, 0.3) is 0 Å². The van der Waals surface area contributed by atoms with Gasteiger partial charge in [-0.25, -0.2) is 23.1 Å². The molecule has 0 aliphatic heterocycles. The van der Waals surface area contributed by atoms with Crippen LogP contribution in [-0.2, 0) is 10.8 Å². The monoisotopic (exact) mass is 396 g/mol. The van der Waals surface area contributed by atoms with Gasteiger partial charge in [0.15, 0.2) is 0 Å². The van der Waals surface area contributed by atoms with E-state index < -0.39 is 10.2 Å². The molecule has 0 amide bonds. The molecule has 0 aliphatic rings. The van der Waals surface area contributed by atoms with Crippen molar-refractivity contribution in [2.24, 2.45) is 0 Å². The Morgan fingerprint density at radius 3 is 1.22 bits per heavy atom. The van der Waals surface area contributed by atoms with Crippen LogP contribution in [0, 0.1) is 24.1 Å². The molecule has 150 valence electrons. The van der Waals surface area contributed by atoms with E-state index in [-0.39, 0.29) is 10.8 Å². The summed E-state index contributed by atoms with van der Waals surface area (Å²) in [5, 5.41) is 0. The smallest absolute Gasteiger partial charge is 0.222 e. The Balaban J connectivity index is 0.000000646. The van der Waals surface area contributed by atoms with Gasteiger partial charge in [0.1, 0.15) is 0 Å². The third-order valence-electron chi connectivity index (χ3n) is 3.83. The van der Waals surface area contributed by atoms with Crippen LogP contribution in [0.1, 0.15) is 64.2 Å². The van der Waals surface area contributed by atoms with E-state index in [1.807, 2.05) is 0 Å². The summed E-state index contributed by atoms with van der Waals surface area (Å²) in [6, 6.07) is 11.1. The second kappa shape index (κ2) is 8.25. The lowest BCUT2D eigenvalue weighted by atomic mass is 9.87. The fourth-order valence-corrected chi connectivity index (χ4v) is 2.55. The van der Waals surface area contributed by atoms with Crippen LogP contribution in [0.25, 0.3) is 11.1 Å². The summed E-state index contributed by atoms with van der Waals surface area (Å²) in [5.41, 5.74) is 5.09. The van der Waals surface area contributed by atoms with E-state index in [0.717, 1.165) is 11.5 Å². The minimum absolute atomic E-state index is 0.00508. The number of benzene rings is 1. The van der Waals surface area contributed by atoms with Crippen molar-refractivity contribution in [3.63, 3.8) is 0 Å². The van der Waals surface area contributed by atoms with Crippen LogP contribution in [0.15, 0.2) is 34.7 Å². The van der Waals surface area contributed by atoms with E-state index in [4.69, 9.17) is 23.1 Å². The van der Waals surface area contributed by atoms with Crippen molar-refractivity contribution in [3.05, 3.63) is 53.0 Å². The first-order valence-electron chi connectivity index (χ1n) is 8.66. The topological polar surface area (TPSA) is 104 Å². The van der Waals surface area contributed by atoms with Gasteiger partial charge < -0.3 is 0 Å². The van der Waals surface area contributed by atoms with Gasteiger partial charge in [0, 0.05) is 12.1 Å². The summed E-state index contributed by atoms with van der Waals surface area (Å²) in [5.74, 6) is 2.07. The van der Waals surface area contributed by atoms with E-state index in [0.29, 0.717) is 0 Å². The number of aryl methyl sites for hydroxylation is 2. The molecule has 6 heteroatoms. The molecule has 0 unspecified atom stereocenters. The maximum Gasteiger partial charge on any atom is 0.335 e. The van der Waals surface area contributed by atoms with Crippen molar-refractivity contribution in [3.8, 4) is 11.1 Å². The van der Waals surface area contributed by atoms with Crippen LogP contribution in [-0.4, -0.2) is 0 Å². The molecule has 2 rings (SSSR count). The van der Waals surface area contributed by atoms with E-state index >= 15 is 0 Å². The predicted molar refractivity (Wildman–Crippen MR) is 95.4 cm³/mol. The molecule has 2 aromatic rings. The third-order valence-corrected chi connectivity index (χ3v) is 3.83. The second-order valence-electron chi connectivity index (χ2n) is 8.83. The Kier molecular flexibility index (Phi) is 7.19. The molecule has 27 heavy (non-hydrogen) atoms. The van der Waals surface area contributed by atoms with Crippen molar-refractivity contribution in [1.82, 2.24) is 0 Å². The van der Waals surface area contributed by atoms with Crippen molar-refractivity contribution in [2.45, 2.75) is 66.2 Å². The van der Waals surface area contributed by atoms with Gasteiger partial charge in [0.05, 0.1) is 10.8 Å². The number of hydrogen-bond acceptors (Lipinski definition) is 4. The third kappa shape index (κ3) is 8.37. The normalized spacial score (nSPS) is 12.4. The largest absolute Gasteiger partial charge is 0.335 e. The SMILES string of the molecule is Cc1cc(C)cc(-c2cc(C(C)(C)C)[o+]c(C(C)(C)C)c2)c1.[O-][Cl+3]([O-])([O-])[O-]. The highest BCUT2D eigenvalue weighted by Gasteiger charge is 2.34. The Morgan fingerprint density at radius 2 is 0.926 bits per heavy atom.